The number of rotatable bonds is 5. The second-order valence-electron chi connectivity index (χ2n) is 4.82. The molecule has 1 aromatic rings. The molecule has 1 heterocycles. The molecule has 0 radical (unpaired) electrons. The van der Waals surface area contributed by atoms with E-state index in [1.807, 2.05) is 0 Å². The van der Waals surface area contributed by atoms with Gasteiger partial charge < -0.3 is 15.0 Å². The van der Waals surface area contributed by atoms with E-state index in [4.69, 9.17) is 4.74 Å². The molecule has 7 heteroatoms. The van der Waals surface area contributed by atoms with Gasteiger partial charge in [0.05, 0.1) is 17.1 Å². The first-order valence-corrected chi connectivity index (χ1v) is 7.20. The van der Waals surface area contributed by atoms with Crippen LogP contribution in [0.2, 0.25) is 0 Å². The summed E-state index contributed by atoms with van der Waals surface area (Å²) in [6.45, 7) is 5.43. The Bertz CT molecular complexity index is 580. The molecule has 0 aliphatic carbocycles. The molecule has 1 fully saturated rings. The third-order valence-corrected chi connectivity index (χ3v) is 3.38. The molecule has 0 bridgehead atoms. The molecule has 1 aliphatic rings. The summed E-state index contributed by atoms with van der Waals surface area (Å²) in [6.07, 6.45) is 2.65. The summed E-state index contributed by atoms with van der Waals surface area (Å²) in [6, 6.07) is 4.95. The highest BCUT2D eigenvalue weighted by atomic mass is 16.6. The fraction of sp³-hybridized carbons (Fsp3) is 0.400. The largest absolute Gasteiger partial charge is 0.463 e. The summed E-state index contributed by atoms with van der Waals surface area (Å²) in [5.41, 5.74) is 1.28. The molecule has 1 N–H and O–H groups in total. The van der Waals surface area contributed by atoms with Gasteiger partial charge in [-0.05, 0) is 25.1 Å². The first-order valence-electron chi connectivity index (χ1n) is 7.20. The van der Waals surface area contributed by atoms with E-state index in [9.17, 15) is 14.9 Å². The summed E-state index contributed by atoms with van der Waals surface area (Å²) >= 11 is 0. The van der Waals surface area contributed by atoms with Gasteiger partial charge in [-0.15, -0.1) is 0 Å². The number of piperazine rings is 1. The normalized spacial score (nSPS) is 15.0. The van der Waals surface area contributed by atoms with Gasteiger partial charge in [0.2, 0.25) is 0 Å². The highest BCUT2D eigenvalue weighted by molar-refractivity contribution is 5.88. The summed E-state index contributed by atoms with van der Waals surface area (Å²) in [7, 11) is 0. The molecule has 1 saturated heterocycles. The maximum Gasteiger partial charge on any atom is 0.330 e. The first kappa shape index (κ1) is 16.0. The lowest BCUT2D eigenvalue weighted by Crippen LogP contribution is -2.43. The second kappa shape index (κ2) is 7.56. The molecule has 0 unspecified atom stereocenters. The second-order valence-corrected chi connectivity index (χ2v) is 4.82. The zero-order valence-electron chi connectivity index (χ0n) is 12.4. The summed E-state index contributed by atoms with van der Waals surface area (Å²) < 4.78 is 4.80. The zero-order chi connectivity index (χ0) is 15.9. The topological polar surface area (TPSA) is 84.7 Å². The Kier molecular flexibility index (Phi) is 5.48. The molecular weight excluding hydrogens is 286 g/mol. The standard InChI is InChI=1S/C15H19N3O4/c1-2-22-15(19)6-3-12-11-13(4-5-14(12)18(20)21)17-9-7-16-8-10-17/h3-6,11,16H,2,7-10H2,1H3. The van der Waals surface area contributed by atoms with Gasteiger partial charge in [-0.1, -0.05) is 0 Å². The minimum atomic E-state index is -0.510. The van der Waals surface area contributed by atoms with E-state index in [2.05, 4.69) is 10.2 Å². The lowest BCUT2D eigenvalue weighted by molar-refractivity contribution is -0.385. The lowest BCUT2D eigenvalue weighted by Gasteiger charge is -2.29. The van der Waals surface area contributed by atoms with Gasteiger partial charge in [-0.3, -0.25) is 10.1 Å². The van der Waals surface area contributed by atoms with Crippen molar-refractivity contribution in [1.82, 2.24) is 5.32 Å². The number of hydrogen-bond acceptors (Lipinski definition) is 6. The molecule has 0 spiro atoms. The van der Waals surface area contributed by atoms with Crippen molar-refractivity contribution in [1.29, 1.82) is 0 Å². The minimum Gasteiger partial charge on any atom is -0.463 e. The maximum absolute atomic E-state index is 11.4. The van der Waals surface area contributed by atoms with Gasteiger partial charge in [0, 0.05) is 44.0 Å². The van der Waals surface area contributed by atoms with Crippen LogP contribution in [0.5, 0.6) is 0 Å². The van der Waals surface area contributed by atoms with Crippen molar-refractivity contribution >= 4 is 23.4 Å². The van der Waals surface area contributed by atoms with Crippen LogP contribution in [-0.2, 0) is 9.53 Å². The van der Waals surface area contributed by atoms with E-state index in [1.165, 1.54) is 18.2 Å². The van der Waals surface area contributed by atoms with Gasteiger partial charge in [0.1, 0.15) is 0 Å². The van der Waals surface area contributed by atoms with Crippen LogP contribution in [-0.4, -0.2) is 43.7 Å². The monoisotopic (exact) mass is 305 g/mol. The number of benzene rings is 1. The zero-order valence-corrected chi connectivity index (χ0v) is 12.4. The number of nitro benzene ring substituents is 1. The number of esters is 1. The molecule has 0 saturated carbocycles. The van der Waals surface area contributed by atoms with Crippen LogP contribution in [0.25, 0.3) is 6.08 Å². The van der Waals surface area contributed by atoms with Gasteiger partial charge in [-0.25, -0.2) is 4.79 Å². The predicted octanol–water partition coefficient (Wildman–Crippen LogP) is 1.58. The van der Waals surface area contributed by atoms with Crippen LogP contribution >= 0.6 is 0 Å². The molecule has 1 aliphatic heterocycles. The van der Waals surface area contributed by atoms with Crippen molar-refractivity contribution in [3.63, 3.8) is 0 Å². The van der Waals surface area contributed by atoms with Crippen LogP contribution in [0.15, 0.2) is 24.3 Å². The molecule has 0 atom stereocenters. The molecule has 0 aromatic heterocycles. The number of nitrogens with zero attached hydrogens (tertiary/aromatic N) is 2. The van der Waals surface area contributed by atoms with Crippen LogP contribution < -0.4 is 10.2 Å². The number of hydrogen-bond donors (Lipinski definition) is 1. The lowest BCUT2D eigenvalue weighted by atomic mass is 10.1. The van der Waals surface area contributed by atoms with Gasteiger partial charge in [0.15, 0.2) is 0 Å². The molecule has 2 rings (SSSR count). The van der Waals surface area contributed by atoms with Crippen molar-refractivity contribution in [2.24, 2.45) is 0 Å². The van der Waals surface area contributed by atoms with Crippen molar-refractivity contribution < 1.29 is 14.5 Å². The highest BCUT2D eigenvalue weighted by Gasteiger charge is 2.16. The number of carbonyl (C=O) groups is 1. The molecule has 22 heavy (non-hydrogen) atoms. The number of nitrogens with one attached hydrogen (secondary N) is 1. The van der Waals surface area contributed by atoms with Crippen molar-refractivity contribution in [2.45, 2.75) is 6.92 Å². The van der Waals surface area contributed by atoms with Gasteiger partial charge >= 0.3 is 5.97 Å². The van der Waals surface area contributed by atoms with Crippen LogP contribution in [0.3, 0.4) is 0 Å². The quantitative estimate of drug-likeness (QED) is 0.385. The molecule has 7 nitrogen and oxygen atoms in total. The average molecular weight is 305 g/mol. The summed E-state index contributed by atoms with van der Waals surface area (Å²) in [5.74, 6) is -0.510. The van der Waals surface area contributed by atoms with Crippen molar-refractivity contribution in [3.05, 3.63) is 40.0 Å². The fourth-order valence-corrected chi connectivity index (χ4v) is 2.31. The Hall–Kier alpha value is -2.41. The van der Waals surface area contributed by atoms with E-state index in [1.54, 1.807) is 19.1 Å². The van der Waals surface area contributed by atoms with E-state index in [-0.39, 0.29) is 12.3 Å². The van der Waals surface area contributed by atoms with Crippen molar-refractivity contribution in [2.75, 3.05) is 37.7 Å². The van der Waals surface area contributed by atoms with Crippen LogP contribution in [0.1, 0.15) is 12.5 Å². The van der Waals surface area contributed by atoms with E-state index in [0.29, 0.717) is 5.56 Å². The van der Waals surface area contributed by atoms with Crippen molar-refractivity contribution in [3.8, 4) is 0 Å². The Balaban J connectivity index is 2.27. The number of carbonyl (C=O) groups excluding carboxylic acids is 1. The predicted molar refractivity (Wildman–Crippen MR) is 83.8 cm³/mol. The van der Waals surface area contributed by atoms with Gasteiger partial charge in [0.25, 0.3) is 5.69 Å². The Labute approximate surface area is 128 Å². The Morgan fingerprint density at radius 2 is 2.18 bits per heavy atom. The van der Waals surface area contributed by atoms with Crippen LogP contribution in [0.4, 0.5) is 11.4 Å². The summed E-state index contributed by atoms with van der Waals surface area (Å²) in [4.78, 5) is 24.2. The van der Waals surface area contributed by atoms with E-state index >= 15 is 0 Å². The molecule has 118 valence electrons. The maximum atomic E-state index is 11.4. The molecule has 0 amide bonds. The first-order chi connectivity index (χ1) is 10.6. The number of anilines is 1. The van der Waals surface area contributed by atoms with E-state index < -0.39 is 10.9 Å². The number of ether oxygens (including phenoxy) is 1. The van der Waals surface area contributed by atoms with E-state index in [0.717, 1.165) is 31.9 Å². The fourth-order valence-electron chi connectivity index (χ4n) is 2.31. The third kappa shape index (κ3) is 4.05. The third-order valence-electron chi connectivity index (χ3n) is 3.38. The minimum absolute atomic E-state index is 0.0283. The smallest absolute Gasteiger partial charge is 0.330 e. The average Bonchev–Trinajstić information content (AvgIpc) is 2.53. The highest BCUT2D eigenvalue weighted by Crippen LogP contribution is 2.26. The molecule has 1 aromatic carbocycles. The van der Waals surface area contributed by atoms with Crippen LogP contribution in [0, 0.1) is 10.1 Å². The van der Waals surface area contributed by atoms with Gasteiger partial charge in [-0.2, -0.15) is 0 Å². The Morgan fingerprint density at radius 1 is 1.45 bits per heavy atom. The Morgan fingerprint density at radius 3 is 2.82 bits per heavy atom. The number of nitro groups is 1. The molecular formula is C15H19N3O4. The SMILES string of the molecule is CCOC(=O)C=Cc1cc(N2CCNCC2)ccc1[N+](=O)[O-]. The summed E-state index contributed by atoms with van der Waals surface area (Å²) in [5, 5.41) is 14.4.